The van der Waals surface area contributed by atoms with Gasteiger partial charge in [-0.25, -0.2) is 21.5 Å². The van der Waals surface area contributed by atoms with E-state index in [1.807, 2.05) is 30.3 Å². The number of carbonyl (C=O) groups is 2. The van der Waals surface area contributed by atoms with E-state index in [2.05, 4.69) is 15.6 Å². The Labute approximate surface area is 184 Å². The van der Waals surface area contributed by atoms with E-state index in [0.29, 0.717) is 16.9 Å². The third-order valence-electron chi connectivity index (χ3n) is 3.82. The number of pyridine rings is 1. The Morgan fingerprint density at radius 2 is 1.33 bits per heavy atom. The van der Waals surface area contributed by atoms with Crippen LogP contribution in [-0.2, 0) is 17.1 Å². The summed E-state index contributed by atoms with van der Waals surface area (Å²) < 4.78 is 12.9. The maximum absolute atomic E-state index is 12.9. The molecule has 0 atom stereocenters. The molecule has 4 aromatic rings. The Balaban J connectivity index is 0.000000468. The van der Waals surface area contributed by atoms with Crippen LogP contribution in [-0.4, -0.2) is 16.8 Å². The van der Waals surface area contributed by atoms with E-state index >= 15 is 0 Å². The van der Waals surface area contributed by atoms with Gasteiger partial charge in [0.05, 0.1) is 0 Å². The van der Waals surface area contributed by atoms with E-state index in [4.69, 9.17) is 0 Å². The zero-order valence-corrected chi connectivity index (χ0v) is 16.8. The van der Waals surface area contributed by atoms with Gasteiger partial charge in [-0.15, -0.1) is 0 Å². The van der Waals surface area contributed by atoms with E-state index in [9.17, 15) is 14.0 Å². The molecule has 1 aromatic heterocycles. The van der Waals surface area contributed by atoms with E-state index in [1.165, 1.54) is 24.3 Å². The molecule has 0 saturated heterocycles. The maximum Gasteiger partial charge on any atom is 0.256 e. The fourth-order valence-corrected chi connectivity index (χ4v) is 2.40. The van der Waals surface area contributed by atoms with Crippen LogP contribution in [0.5, 0.6) is 0 Å². The van der Waals surface area contributed by atoms with Crippen LogP contribution >= 0.6 is 0 Å². The first-order valence-electron chi connectivity index (χ1n) is 8.85. The van der Waals surface area contributed by atoms with Gasteiger partial charge in [0, 0.05) is 22.6 Å². The normalized spacial score (nSPS) is 9.50. The average molecular weight is 443 g/mol. The number of amides is 2. The number of hydrogen-bond acceptors (Lipinski definition) is 3. The quantitative estimate of drug-likeness (QED) is 0.350. The molecule has 0 spiro atoms. The molecular weight excluding hydrogens is 425 g/mol. The van der Waals surface area contributed by atoms with Gasteiger partial charge in [-0.1, -0.05) is 11.6 Å². The second-order valence-electron chi connectivity index (χ2n) is 5.96. The van der Waals surface area contributed by atoms with Gasteiger partial charge in [0.15, 0.2) is 0 Å². The van der Waals surface area contributed by atoms with Crippen LogP contribution in [0.1, 0.15) is 20.7 Å². The number of hydrogen-bond donors (Lipinski definition) is 2. The van der Waals surface area contributed by atoms with Crippen molar-refractivity contribution in [1.82, 2.24) is 4.98 Å². The molecular formula is C23H18FFeN3O2-6. The van der Waals surface area contributed by atoms with Gasteiger partial charge in [-0.05, 0) is 36.4 Å². The second-order valence-corrected chi connectivity index (χ2v) is 5.96. The van der Waals surface area contributed by atoms with Crippen molar-refractivity contribution < 1.29 is 31.0 Å². The second kappa shape index (κ2) is 11.5. The standard InChI is InChI=1S/C18H13FN3O2.C5H5.Fe/c19-14-10-8-13(9-11-14)18(24)22-16-7-3-6-15(20-16)21-17(23)12-4-1-2-5-12;1-2-4-5-3-1;/h1-11H,(H2,20,21,22,23,24);1-5H;/q-1;-5;. The first kappa shape index (κ1) is 22.7. The molecule has 0 fully saturated rings. The summed E-state index contributed by atoms with van der Waals surface area (Å²) in [6.45, 7) is 0. The molecule has 3 aromatic carbocycles. The van der Waals surface area contributed by atoms with Crippen LogP contribution in [0.25, 0.3) is 0 Å². The van der Waals surface area contributed by atoms with Crippen molar-refractivity contribution in [2.45, 2.75) is 0 Å². The van der Waals surface area contributed by atoms with Gasteiger partial charge in [0.25, 0.3) is 5.91 Å². The number of nitrogens with zero attached hydrogens (tertiary/aromatic N) is 1. The van der Waals surface area contributed by atoms with E-state index in [1.54, 1.807) is 42.5 Å². The summed E-state index contributed by atoms with van der Waals surface area (Å²) >= 11 is 0. The Bertz CT molecular complexity index is 1030. The summed E-state index contributed by atoms with van der Waals surface area (Å²) in [5.74, 6) is -0.513. The zero-order valence-electron chi connectivity index (χ0n) is 15.7. The topological polar surface area (TPSA) is 71.1 Å². The number of aromatic nitrogens is 1. The number of halogens is 1. The molecule has 0 aliphatic rings. The molecule has 0 unspecified atom stereocenters. The van der Waals surface area contributed by atoms with Crippen molar-refractivity contribution in [3.8, 4) is 0 Å². The van der Waals surface area contributed by atoms with Crippen LogP contribution in [0.15, 0.2) is 97.1 Å². The minimum absolute atomic E-state index is 0. The summed E-state index contributed by atoms with van der Waals surface area (Å²) in [6, 6.07) is 27.0. The smallest absolute Gasteiger partial charge is 0.256 e. The van der Waals surface area contributed by atoms with Gasteiger partial charge in [0.2, 0.25) is 5.91 Å². The molecule has 5 nitrogen and oxygen atoms in total. The third kappa shape index (κ3) is 6.81. The molecule has 7 heteroatoms. The van der Waals surface area contributed by atoms with Crippen LogP contribution in [0, 0.1) is 5.82 Å². The Kier molecular flexibility index (Phi) is 8.69. The van der Waals surface area contributed by atoms with Gasteiger partial charge in [-0.3, -0.25) is 9.59 Å². The minimum Gasteiger partial charge on any atom is -0.748 e. The molecule has 0 aliphatic carbocycles. The fraction of sp³-hybridized carbons (Fsp3) is 0. The van der Waals surface area contributed by atoms with Gasteiger partial charge >= 0.3 is 0 Å². The Morgan fingerprint density at radius 3 is 1.90 bits per heavy atom. The predicted octanol–water partition coefficient (Wildman–Crippen LogP) is 4.85. The molecule has 2 amide bonds. The Hall–Kier alpha value is -3.54. The molecule has 4 rings (SSSR count). The van der Waals surface area contributed by atoms with Crippen molar-refractivity contribution >= 4 is 23.5 Å². The van der Waals surface area contributed by atoms with Crippen LogP contribution in [0.2, 0.25) is 0 Å². The third-order valence-corrected chi connectivity index (χ3v) is 3.82. The van der Waals surface area contributed by atoms with Crippen molar-refractivity contribution in [1.29, 1.82) is 0 Å². The molecule has 0 aliphatic heterocycles. The monoisotopic (exact) mass is 443 g/mol. The summed E-state index contributed by atoms with van der Waals surface area (Å²) in [6.07, 6.45) is 0. The van der Waals surface area contributed by atoms with Gasteiger partial charge in [0.1, 0.15) is 17.5 Å². The van der Waals surface area contributed by atoms with Crippen LogP contribution in [0.4, 0.5) is 16.0 Å². The molecule has 30 heavy (non-hydrogen) atoms. The first-order chi connectivity index (χ1) is 14.1. The largest absolute Gasteiger partial charge is 0.748 e. The molecule has 158 valence electrons. The van der Waals surface area contributed by atoms with Crippen LogP contribution < -0.4 is 10.6 Å². The SMILES string of the molecule is O=C(Nc1cccc(NC(=O)[c-]2cccc2)n1)c1ccc(F)cc1.[Fe].[cH-]1[cH-][cH-][cH-][cH-]1. The number of anilines is 2. The number of nitrogens with one attached hydrogen (secondary N) is 2. The fourth-order valence-electron chi connectivity index (χ4n) is 2.40. The summed E-state index contributed by atoms with van der Waals surface area (Å²) in [4.78, 5) is 28.2. The average Bonchev–Trinajstić information content (AvgIpc) is 3.45. The van der Waals surface area contributed by atoms with Crippen molar-refractivity contribution in [2.75, 3.05) is 10.6 Å². The molecule has 0 saturated carbocycles. The summed E-state index contributed by atoms with van der Waals surface area (Å²) in [7, 11) is 0. The minimum atomic E-state index is -0.415. The van der Waals surface area contributed by atoms with E-state index in [0.717, 1.165) is 0 Å². The van der Waals surface area contributed by atoms with Crippen molar-refractivity contribution in [3.05, 3.63) is 114 Å². The molecule has 0 radical (unpaired) electrons. The molecule has 1 heterocycles. The van der Waals surface area contributed by atoms with E-state index in [-0.39, 0.29) is 28.8 Å². The molecule has 2 N–H and O–H groups in total. The summed E-state index contributed by atoms with van der Waals surface area (Å²) in [5, 5.41) is 5.26. The predicted molar refractivity (Wildman–Crippen MR) is 111 cm³/mol. The van der Waals surface area contributed by atoms with Crippen LogP contribution in [0.3, 0.4) is 0 Å². The van der Waals surface area contributed by atoms with E-state index < -0.39 is 11.7 Å². The van der Waals surface area contributed by atoms with Gasteiger partial charge in [-0.2, -0.15) is 12.1 Å². The first-order valence-corrected chi connectivity index (χ1v) is 8.85. The summed E-state index contributed by atoms with van der Waals surface area (Å²) in [5.41, 5.74) is 0.835. The van der Waals surface area contributed by atoms with Crippen molar-refractivity contribution in [2.24, 2.45) is 0 Å². The number of benzene rings is 1. The number of carbonyl (C=O) groups excluding carboxylic acids is 2. The molecule has 0 bridgehead atoms. The number of rotatable bonds is 4. The van der Waals surface area contributed by atoms with Crippen molar-refractivity contribution in [3.63, 3.8) is 0 Å². The Morgan fingerprint density at radius 1 is 0.800 bits per heavy atom. The van der Waals surface area contributed by atoms with Gasteiger partial charge < -0.3 is 41.0 Å². The maximum atomic E-state index is 12.9. The zero-order chi connectivity index (χ0) is 20.5.